The van der Waals surface area contributed by atoms with Crippen molar-refractivity contribution >= 4 is 0 Å². The Balaban J connectivity index is 1.89. The van der Waals surface area contributed by atoms with Crippen molar-refractivity contribution in [2.75, 3.05) is 26.2 Å². The Labute approximate surface area is 115 Å². The highest BCUT2D eigenvalue weighted by molar-refractivity contribution is 5.10. The highest BCUT2D eigenvalue weighted by Crippen LogP contribution is 2.11. The van der Waals surface area contributed by atoms with Crippen LogP contribution in [0.1, 0.15) is 25.2 Å². The van der Waals surface area contributed by atoms with Gasteiger partial charge < -0.3 is 0 Å². The molecule has 0 saturated carbocycles. The van der Waals surface area contributed by atoms with E-state index < -0.39 is 0 Å². The summed E-state index contributed by atoms with van der Waals surface area (Å²) in [7, 11) is 2.02. The van der Waals surface area contributed by atoms with Crippen molar-refractivity contribution in [2.45, 2.75) is 32.9 Å². The minimum Gasteiger partial charge on any atom is -0.295 e. The molecule has 0 aliphatic carbocycles. The molecule has 1 unspecified atom stereocenters. The van der Waals surface area contributed by atoms with Gasteiger partial charge in [-0.2, -0.15) is 10.4 Å². The summed E-state index contributed by atoms with van der Waals surface area (Å²) in [6.45, 7) is 9.08. The second-order valence-corrected chi connectivity index (χ2v) is 5.22. The molecule has 1 aliphatic rings. The number of aryl methyl sites for hydroxylation is 2. The zero-order valence-electron chi connectivity index (χ0n) is 12.1. The molecule has 1 atom stereocenters. The predicted octanol–water partition coefficient (Wildman–Crippen LogP) is 1.01. The molecule has 1 aliphatic heterocycles. The summed E-state index contributed by atoms with van der Waals surface area (Å²) >= 11 is 0. The second-order valence-electron chi connectivity index (χ2n) is 5.22. The van der Waals surface area contributed by atoms with Gasteiger partial charge in [0.25, 0.3) is 0 Å². The first-order chi connectivity index (χ1) is 9.13. The standard InChI is InChI=1S/C14H23N5/c1-4-13-9-14(17(3)16-13)11-18-5-7-19(8-6-18)12(2)10-15/h9,12H,4-8,11H2,1-3H3. The third-order valence-corrected chi connectivity index (χ3v) is 3.92. The van der Waals surface area contributed by atoms with Crippen molar-refractivity contribution in [1.29, 1.82) is 5.26 Å². The third kappa shape index (κ3) is 3.34. The van der Waals surface area contributed by atoms with Crippen LogP contribution in [0, 0.1) is 11.3 Å². The molecule has 104 valence electrons. The van der Waals surface area contributed by atoms with Crippen LogP contribution in [0.2, 0.25) is 0 Å². The van der Waals surface area contributed by atoms with E-state index in [4.69, 9.17) is 5.26 Å². The zero-order valence-corrected chi connectivity index (χ0v) is 12.1. The van der Waals surface area contributed by atoms with Crippen molar-refractivity contribution in [3.63, 3.8) is 0 Å². The Kier molecular flexibility index (Phi) is 4.56. The van der Waals surface area contributed by atoms with E-state index in [0.717, 1.165) is 44.8 Å². The van der Waals surface area contributed by atoms with Gasteiger partial charge in [-0.15, -0.1) is 0 Å². The predicted molar refractivity (Wildman–Crippen MR) is 74.5 cm³/mol. The van der Waals surface area contributed by atoms with Gasteiger partial charge >= 0.3 is 0 Å². The van der Waals surface area contributed by atoms with Crippen molar-refractivity contribution in [3.05, 3.63) is 17.5 Å². The van der Waals surface area contributed by atoms with Gasteiger partial charge in [-0.3, -0.25) is 14.5 Å². The van der Waals surface area contributed by atoms with Crippen molar-refractivity contribution in [2.24, 2.45) is 7.05 Å². The number of piperazine rings is 1. The van der Waals surface area contributed by atoms with Gasteiger partial charge in [0.15, 0.2) is 0 Å². The molecule has 19 heavy (non-hydrogen) atoms. The van der Waals surface area contributed by atoms with Gasteiger partial charge in [0.1, 0.15) is 0 Å². The molecule has 0 radical (unpaired) electrons. The first-order valence-corrected chi connectivity index (χ1v) is 7.01. The minimum atomic E-state index is 0.0329. The maximum absolute atomic E-state index is 8.94. The third-order valence-electron chi connectivity index (χ3n) is 3.92. The average Bonchev–Trinajstić information content (AvgIpc) is 2.79. The van der Waals surface area contributed by atoms with Gasteiger partial charge in [-0.25, -0.2) is 0 Å². The Morgan fingerprint density at radius 1 is 1.37 bits per heavy atom. The fraction of sp³-hybridized carbons (Fsp3) is 0.714. The fourth-order valence-corrected chi connectivity index (χ4v) is 2.51. The molecular formula is C14H23N5. The number of hydrogen-bond acceptors (Lipinski definition) is 4. The van der Waals surface area contributed by atoms with Crippen LogP contribution in [0.5, 0.6) is 0 Å². The zero-order chi connectivity index (χ0) is 13.8. The Hall–Kier alpha value is -1.38. The lowest BCUT2D eigenvalue weighted by molar-refractivity contribution is 0.112. The number of nitriles is 1. The average molecular weight is 261 g/mol. The molecule has 0 bridgehead atoms. The molecule has 0 N–H and O–H groups in total. The molecule has 0 amide bonds. The van der Waals surface area contributed by atoms with Crippen LogP contribution in [-0.4, -0.2) is 51.8 Å². The van der Waals surface area contributed by atoms with E-state index in [1.54, 1.807) is 0 Å². The van der Waals surface area contributed by atoms with Crippen LogP contribution in [-0.2, 0) is 20.0 Å². The van der Waals surface area contributed by atoms with E-state index in [0.29, 0.717) is 0 Å². The van der Waals surface area contributed by atoms with Gasteiger partial charge in [-0.1, -0.05) is 6.92 Å². The first-order valence-electron chi connectivity index (χ1n) is 7.01. The Morgan fingerprint density at radius 2 is 2.05 bits per heavy atom. The van der Waals surface area contributed by atoms with E-state index in [2.05, 4.69) is 34.0 Å². The lowest BCUT2D eigenvalue weighted by Crippen LogP contribution is -2.48. The SMILES string of the molecule is CCc1cc(CN2CCN(C(C)C#N)CC2)n(C)n1. The maximum atomic E-state index is 8.94. The highest BCUT2D eigenvalue weighted by Gasteiger charge is 2.21. The van der Waals surface area contributed by atoms with Crippen LogP contribution in [0.4, 0.5) is 0 Å². The molecule has 1 aromatic rings. The van der Waals surface area contributed by atoms with Gasteiger partial charge in [0.2, 0.25) is 0 Å². The number of hydrogen-bond donors (Lipinski definition) is 0. The molecule has 1 saturated heterocycles. The molecule has 5 heteroatoms. The molecule has 0 aromatic carbocycles. The summed E-state index contributed by atoms with van der Waals surface area (Å²) in [5.74, 6) is 0. The van der Waals surface area contributed by atoms with Crippen LogP contribution in [0.15, 0.2) is 6.07 Å². The van der Waals surface area contributed by atoms with E-state index in [-0.39, 0.29) is 6.04 Å². The second kappa shape index (κ2) is 6.18. The van der Waals surface area contributed by atoms with Gasteiger partial charge in [0, 0.05) is 39.8 Å². The summed E-state index contributed by atoms with van der Waals surface area (Å²) in [6, 6.07) is 4.54. The lowest BCUT2D eigenvalue weighted by atomic mass is 10.2. The molecule has 1 aromatic heterocycles. The fourth-order valence-electron chi connectivity index (χ4n) is 2.51. The molecule has 2 rings (SSSR count). The molecule has 1 fully saturated rings. The van der Waals surface area contributed by atoms with Gasteiger partial charge in [-0.05, 0) is 19.4 Å². The summed E-state index contributed by atoms with van der Waals surface area (Å²) in [6.07, 6.45) is 0.987. The molecule has 5 nitrogen and oxygen atoms in total. The first kappa shape index (κ1) is 14.0. The summed E-state index contributed by atoms with van der Waals surface area (Å²) in [5.41, 5.74) is 2.44. The maximum Gasteiger partial charge on any atom is 0.0950 e. The summed E-state index contributed by atoms with van der Waals surface area (Å²) in [4.78, 5) is 4.69. The largest absolute Gasteiger partial charge is 0.295 e. The van der Waals surface area contributed by atoms with Crippen LogP contribution in [0.3, 0.4) is 0 Å². The number of rotatable bonds is 4. The lowest BCUT2D eigenvalue weighted by Gasteiger charge is -2.35. The number of nitrogens with zero attached hydrogens (tertiary/aromatic N) is 5. The van der Waals surface area contributed by atoms with E-state index in [1.165, 1.54) is 5.69 Å². The van der Waals surface area contributed by atoms with Crippen LogP contribution < -0.4 is 0 Å². The topological polar surface area (TPSA) is 48.1 Å². The molecule has 0 spiro atoms. The van der Waals surface area contributed by atoms with Crippen molar-refractivity contribution < 1.29 is 0 Å². The van der Waals surface area contributed by atoms with E-state index >= 15 is 0 Å². The van der Waals surface area contributed by atoms with E-state index in [9.17, 15) is 0 Å². The number of aromatic nitrogens is 2. The smallest absolute Gasteiger partial charge is 0.0950 e. The monoisotopic (exact) mass is 261 g/mol. The Morgan fingerprint density at radius 3 is 2.58 bits per heavy atom. The minimum absolute atomic E-state index is 0.0329. The normalized spacial score (nSPS) is 19.3. The van der Waals surface area contributed by atoms with Crippen LogP contribution in [0.25, 0.3) is 0 Å². The molecule has 2 heterocycles. The van der Waals surface area contributed by atoms with Crippen molar-refractivity contribution in [3.8, 4) is 6.07 Å². The van der Waals surface area contributed by atoms with Gasteiger partial charge in [0.05, 0.1) is 23.5 Å². The summed E-state index contributed by atoms with van der Waals surface area (Å²) < 4.78 is 1.99. The van der Waals surface area contributed by atoms with Crippen LogP contribution >= 0.6 is 0 Å². The quantitative estimate of drug-likeness (QED) is 0.811. The van der Waals surface area contributed by atoms with Crippen molar-refractivity contribution in [1.82, 2.24) is 19.6 Å². The Bertz CT molecular complexity index is 451. The highest BCUT2D eigenvalue weighted by atomic mass is 15.3. The van der Waals surface area contributed by atoms with E-state index in [1.807, 2.05) is 18.7 Å². The summed E-state index contributed by atoms with van der Waals surface area (Å²) in [5, 5.41) is 13.4. The molecular weight excluding hydrogens is 238 g/mol.